The molecule has 0 bridgehead atoms. The van der Waals surface area contributed by atoms with Crippen LogP contribution in [-0.2, 0) is 0 Å². The Bertz CT molecular complexity index is 534. The van der Waals surface area contributed by atoms with E-state index in [1.807, 2.05) is 6.92 Å². The van der Waals surface area contributed by atoms with E-state index in [1.165, 1.54) is 7.11 Å². The molecule has 20 heavy (non-hydrogen) atoms. The Labute approximate surface area is 122 Å². The molecule has 1 rings (SSSR count). The molecule has 0 aliphatic rings. The van der Waals surface area contributed by atoms with Crippen molar-refractivity contribution in [1.82, 2.24) is 5.32 Å². The number of nitrogens with two attached hydrogens (primary N) is 1. The summed E-state index contributed by atoms with van der Waals surface area (Å²) in [5, 5.41) is 14.9. The number of carbonyl (C=O) groups is 1. The van der Waals surface area contributed by atoms with E-state index in [0.717, 1.165) is 0 Å². The summed E-state index contributed by atoms with van der Waals surface area (Å²) in [4.78, 5) is 12.3. The molecule has 0 spiro atoms. The molecular formula is C13H18ClN3O3. The van der Waals surface area contributed by atoms with Crippen LogP contribution in [0.3, 0.4) is 0 Å². The number of ether oxygens (including phenoxy) is 1. The van der Waals surface area contributed by atoms with Crippen molar-refractivity contribution in [3.8, 4) is 5.75 Å². The van der Waals surface area contributed by atoms with E-state index in [-0.39, 0.29) is 5.84 Å². The highest BCUT2D eigenvalue weighted by Gasteiger charge is 2.30. The Morgan fingerprint density at radius 2 is 2.25 bits per heavy atom. The fourth-order valence-electron chi connectivity index (χ4n) is 1.61. The number of carbonyl (C=O) groups excluding carboxylic acids is 1. The lowest BCUT2D eigenvalue weighted by Crippen LogP contribution is -2.55. The van der Waals surface area contributed by atoms with Gasteiger partial charge in [-0.3, -0.25) is 4.79 Å². The lowest BCUT2D eigenvalue weighted by atomic mass is 9.96. The van der Waals surface area contributed by atoms with Crippen molar-refractivity contribution < 1.29 is 14.7 Å². The molecule has 0 aliphatic heterocycles. The summed E-state index contributed by atoms with van der Waals surface area (Å²) in [7, 11) is 1.45. The van der Waals surface area contributed by atoms with Gasteiger partial charge in [-0.15, -0.1) is 0 Å². The molecule has 0 aromatic heterocycles. The number of nitrogens with one attached hydrogen (secondary N) is 1. The van der Waals surface area contributed by atoms with Gasteiger partial charge in [-0.25, -0.2) is 0 Å². The number of halogens is 1. The van der Waals surface area contributed by atoms with Crippen LogP contribution in [0.5, 0.6) is 5.75 Å². The first-order chi connectivity index (χ1) is 9.37. The van der Waals surface area contributed by atoms with Crippen LogP contribution in [0.15, 0.2) is 23.4 Å². The molecule has 4 N–H and O–H groups in total. The molecule has 110 valence electrons. The van der Waals surface area contributed by atoms with Crippen molar-refractivity contribution in [3.05, 3.63) is 28.8 Å². The van der Waals surface area contributed by atoms with E-state index in [9.17, 15) is 4.79 Å². The average Bonchev–Trinajstić information content (AvgIpc) is 2.45. The molecule has 0 heterocycles. The summed E-state index contributed by atoms with van der Waals surface area (Å²) < 4.78 is 5.13. The molecule has 0 fully saturated rings. The van der Waals surface area contributed by atoms with Crippen LogP contribution < -0.4 is 15.8 Å². The predicted octanol–water partition coefficient (Wildman–Crippen LogP) is 1.99. The van der Waals surface area contributed by atoms with Crippen molar-refractivity contribution in [2.75, 3.05) is 7.11 Å². The zero-order valence-corrected chi connectivity index (χ0v) is 12.4. The summed E-state index contributed by atoms with van der Waals surface area (Å²) in [5.41, 5.74) is 4.99. The number of hydrogen-bond donors (Lipinski definition) is 3. The van der Waals surface area contributed by atoms with Gasteiger partial charge in [-0.2, -0.15) is 0 Å². The van der Waals surface area contributed by atoms with Gasteiger partial charge in [0.05, 0.1) is 18.2 Å². The third-order valence-corrected chi connectivity index (χ3v) is 3.41. The largest absolute Gasteiger partial charge is 0.496 e. The van der Waals surface area contributed by atoms with Crippen molar-refractivity contribution in [3.63, 3.8) is 0 Å². The van der Waals surface area contributed by atoms with Crippen molar-refractivity contribution in [2.24, 2.45) is 10.9 Å². The lowest BCUT2D eigenvalue weighted by molar-refractivity contribution is 0.0922. The minimum Gasteiger partial charge on any atom is -0.496 e. The number of amides is 1. The Balaban J connectivity index is 3.07. The van der Waals surface area contributed by atoms with Crippen molar-refractivity contribution in [1.29, 1.82) is 0 Å². The van der Waals surface area contributed by atoms with Crippen LogP contribution >= 0.6 is 11.6 Å². The Hall–Kier alpha value is -1.95. The summed E-state index contributed by atoms with van der Waals surface area (Å²) in [6, 6.07) is 4.69. The maximum Gasteiger partial charge on any atom is 0.255 e. The maximum absolute atomic E-state index is 12.3. The minimum absolute atomic E-state index is 0.0683. The third-order valence-electron chi connectivity index (χ3n) is 3.18. The van der Waals surface area contributed by atoms with Crippen LogP contribution in [0.2, 0.25) is 5.02 Å². The van der Waals surface area contributed by atoms with Gasteiger partial charge in [-0.1, -0.05) is 23.7 Å². The zero-order chi connectivity index (χ0) is 15.3. The molecular weight excluding hydrogens is 282 g/mol. The fraction of sp³-hybridized carbons (Fsp3) is 0.385. The second-order valence-electron chi connectivity index (χ2n) is 4.47. The first-order valence-electron chi connectivity index (χ1n) is 6.02. The Morgan fingerprint density at radius 1 is 1.60 bits per heavy atom. The third kappa shape index (κ3) is 3.33. The molecule has 1 amide bonds. The highest BCUT2D eigenvalue weighted by atomic mass is 35.5. The van der Waals surface area contributed by atoms with Crippen molar-refractivity contribution in [2.45, 2.75) is 25.8 Å². The molecule has 6 nitrogen and oxygen atoms in total. The van der Waals surface area contributed by atoms with E-state index >= 15 is 0 Å². The predicted molar refractivity (Wildman–Crippen MR) is 77.6 cm³/mol. The number of methoxy groups -OCH3 is 1. The first kappa shape index (κ1) is 16.1. The molecule has 1 aromatic rings. The molecule has 0 radical (unpaired) electrons. The number of hydrogen-bond acceptors (Lipinski definition) is 4. The highest BCUT2D eigenvalue weighted by molar-refractivity contribution is 6.30. The Kier molecular flexibility index (Phi) is 5.21. The Morgan fingerprint density at radius 3 is 2.75 bits per heavy atom. The standard InChI is InChI=1S/C13H18ClN3O3/c1-4-13(2,12(15)17-19)16-11(18)9-6-5-8(14)7-10(9)20-3/h5-7,19H,4H2,1-3H3,(H2,15,17)(H,16,18). The molecule has 0 saturated carbocycles. The zero-order valence-electron chi connectivity index (χ0n) is 11.6. The monoisotopic (exact) mass is 299 g/mol. The average molecular weight is 300 g/mol. The minimum atomic E-state index is -0.948. The van der Waals surface area contributed by atoms with Gasteiger partial charge in [0.1, 0.15) is 5.75 Å². The quantitative estimate of drug-likeness (QED) is 0.335. The van der Waals surface area contributed by atoms with Gasteiger partial charge < -0.3 is 21.0 Å². The normalized spacial score (nSPS) is 14.5. The van der Waals surface area contributed by atoms with Crippen LogP contribution in [0.1, 0.15) is 30.6 Å². The molecule has 1 unspecified atom stereocenters. The molecule has 7 heteroatoms. The van der Waals surface area contributed by atoms with Gasteiger partial charge in [0, 0.05) is 5.02 Å². The van der Waals surface area contributed by atoms with Crippen LogP contribution in [0, 0.1) is 0 Å². The number of benzene rings is 1. The lowest BCUT2D eigenvalue weighted by Gasteiger charge is -2.28. The number of amidine groups is 1. The summed E-state index contributed by atoms with van der Waals surface area (Å²) in [5.74, 6) is -0.108. The van der Waals surface area contributed by atoms with Crippen LogP contribution in [0.25, 0.3) is 0 Å². The number of oxime groups is 1. The summed E-state index contributed by atoms with van der Waals surface area (Å²) in [6.07, 6.45) is 0.463. The topological polar surface area (TPSA) is 96.9 Å². The van der Waals surface area contributed by atoms with Gasteiger partial charge in [0.15, 0.2) is 5.84 Å². The fourth-order valence-corrected chi connectivity index (χ4v) is 1.78. The molecule has 0 aliphatic carbocycles. The summed E-state index contributed by atoms with van der Waals surface area (Å²) >= 11 is 5.85. The van der Waals surface area contributed by atoms with E-state index in [4.69, 9.17) is 27.3 Å². The number of rotatable bonds is 5. The van der Waals surface area contributed by atoms with E-state index in [0.29, 0.717) is 22.8 Å². The second kappa shape index (κ2) is 6.47. The highest BCUT2D eigenvalue weighted by Crippen LogP contribution is 2.24. The van der Waals surface area contributed by atoms with Gasteiger partial charge in [0.2, 0.25) is 0 Å². The van der Waals surface area contributed by atoms with Gasteiger partial charge >= 0.3 is 0 Å². The molecule has 0 saturated heterocycles. The SMILES string of the molecule is CCC(C)(NC(=O)c1ccc(Cl)cc1OC)C(N)=NO. The van der Waals surface area contributed by atoms with Gasteiger partial charge in [-0.05, 0) is 31.5 Å². The van der Waals surface area contributed by atoms with E-state index < -0.39 is 11.4 Å². The second-order valence-corrected chi connectivity index (χ2v) is 4.91. The van der Waals surface area contributed by atoms with Gasteiger partial charge in [0.25, 0.3) is 5.91 Å². The molecule has 1 aromatic carbocycles. The van der Waals surface area contributed by atoms with Crippen LogP contribution in [0.4, 0.5) is 0 Å². The number of nitrogens with zero attached hydrogens (tertiary/aromatic N) is 1. The maximum atomic E-state index is 12.3. The first-order valence-corrected chi connectivity index (χ1v) is 6.39. The van der Waals surface area contributed by atoms with E-state index in [1.54, 1.807) is 25.1 Å². The smallest absolute Gasteiger partial charge is 0.255 e. The van der Waals surface area contributed by atoms with Crippen LogP contribution in [-0.4, -0.2) is 29.6 Å². The van der Waals surface area contributed by atoms with E-state index in [2.05, 4.69) is 10.5 Å². The molecule has 1 atom stereocenters. The van der Waals surface area contributed by atoms with Crippen molar-refractivity contribution >= 4 is 23.3 Å². The summed E-state index contributed by atoms with van der Waals surface area (Å²) in [6.45, 7) is 3.49.